The Kier molecular flexibility index (Phi) is 3.61. The molecule has 4 aromatic rings. The Labute approximate surface area is 148 Å². The fourth-order valence-corrected chi connectivity index (χ4v) is 3.01. The maximum atomic E-state index is 13.1. The van der Waals surface area contributed by atoms with Crippen molar-refractivity contribution in [3.63, 3.8) is 0 Å². The van der Waals surface area contributed by atoms with Crippen LogP contribution < -0.4 is 15.7 Å². The molecule has 2 aromatic carbocycles. The van der Waals surface area contributed by atoms with E-state index in [1.807, 2.05) is 31.2 Å². The molecule has 6 nitrogen and oxygen atoms in total. The summed E-state index contributed by atoms with van der Waals surface area (Å²) in [4.78, 5) is 30.3. The first-order valence-corrected chi connectivity index (χ1v) is 8.11. The van der Waals surface area contributed by atoms with Crippen LogP contribution in [0.15, 0.2) is 56.5 Å². The summed E-state index contributed by atoms with van der Waals surface area (Å²) in [5.41, 5.74) is 1.25. The van der Waals surface area contributed by atoms with Crippen molar-refractivity contribution in [3.8, 4) is 11.4 Å². The van der Waals surface area contributed by atoms with Crippen LogP contribution in [0.2, 0.25) is 0 Å². The number of hydrogen-bond acceptors (Lipinski definition) is 5. The highest BCUT2D eigenvalue weighted by Crippen LogP contribution is 2.21. The SMILES string of the molecule is COc1ccc2c(=O)c3c(=O)n(-c4ccc(C)cc4)c(C)nc3oc2c1. The molecule has 0 aliphatic heterocycles. The van der Waals surface area contributed by atoms with Crippen LogP contribution in [0.4, 0.5) is 0 Å². The first kappa shape index (κ1) is 16.1. The summed E-state index contributed by atoms with van der Waals surface area (Å²) >= 11 is 0. The molecule has 0 radical (unpaired) electrons. The molecule has 2 heterocycles. The Morgan fingerprint density at radius 3 is 2.46 bits per heavy atom. The smallest absolute Gasteiger partial charge is 0.273 e. The number of aryl methyl sites for hydroxylation is 2. The fourth-order valence-electron chi connectivity index (χ4n) is 3.01. The lowest BCUT2D eigenvalue weighted by atomic mass is 10.2. The number of nitrogens with zero attached hydrogens (tertiary/aromatic N) is 2. The molecule has 0 aliphatic rings. The molecule has 6 heteroatoms. The van der Waals surface area contributed by atoms with E-state index in [2.05, 4.69) is 4.98 Å². The largest absolute Gasteiger partial charge is 0.497 e. The summed E-state index contributed by atoms with van der Waals surface area (Å²) in [6.45, 7) is 3.67. The quantitative estimate of drug-likeness (QED) is 0.520. The molecule has 4 rings (SSSR count). The van der Waals surface area contributed by atoms with E-state index in [0.717, 1.165) is 5.56 Å². The van der Waals surface area contributed by atoms with Gasteiger partial charge in [0.05, 0.1) is 18.2 Å². The maximum Gasteiger partial charge on any atom is 0.273 e. The lowest BCUT2D eigenvalue weighted by Crippen LogP contribution is -2.26. The van der Waals surface area contributed by atoms with Gasteiger partial charge in [-0.1, -0.05) is 17.7 Å². The Balaban J connectivity index is 2.11. The van der Waals surface area contributed by atoms with Gasteiger partial charge in [0.25, 0.3) is 5.56 Å². The molecule has 0 bridgehead atoms. The topological polar surface area (TPSA) is 74.3 Å². The predicted octanol–water partition coefficient (Wildman–Crippen LogP) is 3.12. The van der Waals surface area contributed by atoms with Crippen LogP contribution in [0.5, 0.6) is 5.75 Å². The number of rotatable bonds is 2. The van der Waals surface area contributed by atoms with Crippen molar-refractivity contribution in [2.75, 3.05) is 7.11 Å². The summed E-state index contributed by atoms with van der Waals surface area (Å²) < 4.78 is 12.3. The normalized spacial score (nSPS) is 11.2. The summed E-state index contributed by atoms with van der Waals surface area (Å²) in [7, 11) is 1.53. The third kappa shape index (κ3) is 2.38. The minimum absolute atomic E-state index is 0.0293. The zero-order chi connectivity index (χ0) is 18.4. The van der Waals surface area contributed by atoms with Gasteiger partial charge in [0.15, 0.2) is 5.39 Å². The molecule has 0 atom stereocenters. The van der Waals surface area contributed by atoms with E-state index in [4.69, 9.17) is 9.15 Å². The van der Waals surface area contributed by atoms with Crippen LogP contribution >= 0.6 is 0 Å². The van der Waals surface area contributed by atoms with Crippen LogP contribution in [0.1, 0.15) is 11.4 Å². The number of benzene rings is 2. The molecular formula is C20H16N2O4. The lowest BCUT2D eigenvalue weighted by Gasteiger charge is -2.11. The number of hydrogen-bond donors (Lipinski definition) is 0. The molecule has 2 aromatic heterocycles. The highest BCUT2D eigenvalue weighted by Gasteiger charge is 2.17. The monoisotopic (exact) mass is 348 g/mol. The van der Waals surface area contributed by atoms with E-state index in [1.54, 1.807) is 25.1 Å². The molecule has 0 N–H and O–H groups in total. The van der Waals surface area contributed by atoms with Gasteiger partial charge in [0.1, 0.15) is 17.2 Å². The Morgan fingerprint density at radius 2 is 1.77 bits per heavy atom. The van der Waals surface area contributed by atoms with E-state index in [-0.39, 0.29) is 11.1 Å². The number of methoxy groups -OCH3 is 1. The van der Waals surface area contributed by atoms with E-state index < -0.39 is 11.0 Å². The van der Waals surface area contributed by atoms with Crippen LogP contribution in [-0.2, 0) is 0 Å². The van der Waals surface area contributed by atoms with Gasteiger partial charge in [-0.3, -0.25) is 14.2 Å². The van der Waals surface area contributed by atoms with Gasteiger partial charge in [-0.25, -0.2) is 0 Å². The van der Waals surface area contributed by atoms with Crippen molar-refractivity contribution in [2.45, 2.75) is 13.8 Å². The van der Waals surface area contributed by atoms with Gasteiger partial charge in [-0.05, 0) is 38.1 Å². The lowest BCUT2D eigenvalue weighted by molar-refractivity contribution is 0.414. The standard InChI is InChI=1S/C20H16N2O4/c1-11-4-6-13(7-5-11)22-12(2)21-19-17(20(22)24)18(23)15-9-8-14(25-3)10-16(15)26-19/h4-10H,1-3H3. The Morgan fingerprint density at radius 1 is 1.04 bits per heavy atom. The highest BCUT2D eigenvalue weighted by atomic mass is 16.5. The summed E-state index contributed by atoms with van der Waals surface area (Å²) in [5, 5.41) is 0.255. The predicted molar refractivity (Wildman–Crippen MR) is 99.4 cm³/mol. The fraction of sp³-hybridized carbons (Fsp3) is 0.150. The molecule has 0 amide bonds. The Hall–Kier alpha value is -3.41. The van der Waals surface area contributed by atoms with E-state index in [1.165, 1.54) is 11.7 Å². The number of ether oxygens (including phenoxy) is 1. The minimum Gasteiger partial charge on any atom is -0.497 e. The average Bonchev–Trinajstić information content (AvgIpc) is 2.62. The second-order valence-corrected chi connectivity index (χ2v) is 6.11. The van der Waals surface area contributed by atoms with Gasteiger partial charge >= 0.3 is 0 Å². The van der Waals surface area contributed by atoms with Crippen LogP contribution in [0.25, 0.3) is 27.8 Å². The molecule has 0 aliphatic carbocycles. The van der Waals surface area contributed by atoms with Crippen LogP contribution in [0.3, 0.4) is 0 Å². The van der Waals surface area contributed by atoms with Gasteiger partial charge in [-0.2, -0.15) is 4.98 Å². The first-order chi connectivity index (χ1) is 12.5. The van der Waals surface area contributed by atoms with Crippen molar-refractivity contribution in [3.05, 3.63) is 74.4 Å². The second kappa shape index (κ2) is 5.84. The van der Waals surface area contributed by atoms with Crippen molar-refractivity contribution in [1.82, 2.24) is 9.55 Å². The third-order valence-corrected chi connectivity index (χ3v) is 4.38. The first-order valence-electron chi connectivity index (χ1n) is 8.11. The second-order valence-electron chi connectivity index (χ2n) is 6.11. The Bertz CT molecular complexity index is 1270. The van der Waals surface area contributed by atoms with E-state index in [0.29, 0.717) is 28.2 Å². The van der Waals surface area contributed by atoms with Crippen molar-refractivity contribution >= 4 is 22.1 Å². The van der Waals surface area contributed by atoms with Gasteiger partial charge in [0.2, 0.25) is 11.1 Å². The average molecular weight is 348 g/mol. The van der Waals surface area contributed by atoms with Gasteiger partial charge < -0.3 is 9.15 Å². The molecular weight excluding hydrogens is 332 g/mol. The molecule has 0 saturated heterocycles. The molecule has 0 saturated carbocycles. The summed E-state index contributed by atoms with van der Waals surface area (Å²) in [6, 6.07) is 12.3. The summed E-state index contributed by atoms with van der Waals surface area (Å²) in [5.74, 6) is 1.00. The molecule has 0 unspecified atom stereocenters. The minimum atomic E-state index is -0.442. The molecule has 130 valence electrons. The van der Waals surface area contributed by atoms with Crippen molar-refractivity contribution < 1.29 is 9.15 Å². The molecule has 26 heavy (non-hydrogen) atoms. The highest BCUT2D eigenvalue weighted by molar-refractivity contribution is 5.88. The third-order valence-electron chi connectivity index (χ3n) is 4.38. The zero-order valence-electron chi connectivity index (χ0n) is 14.6. The molecule has 0 fully saturated rings. The number of fused-ring (bicyclic) bond motifs is 2. The van der Waals surface area contributed by atoms with E-state index in [9.17, 15) is 9.59 Å². The maximum absolute atomic E-state index is 13.1. The van der Waals surface area contributed by atoms with Crippen molar-refractivity contribution in [2.24, 2.45) is 0 Å². The zero-order valence-corrected chi connectivity index (χ0v) is 14.6. The molecule has 0 spiro atoms. The van der Waals surface area contributed by atoms with Gasteiger partial charge in [0, 0.05) is 6.07 Å². The van der Waals surface area contributed by atoms with Gasteiger partial charge in [-0.15, -0.1) is 0 Å². The number of aromatic nitrogens is 2. The summed E-state index contributed by atoms with van der Waals surface area (Å²) in [6.07, 6.45) is 0. The van der Waals surface area contributed by atoms with Crippen molar-refractivity contribution in [1.29, 1.82) is 0 Å². The van der Waals surface area contributed by atoms with E-state index >= 15 is 0 Å². The van der Waals surface area contributed by atoms with Crippen LogP contribution in [-0.4, -0.2) is 16.7 Å². The van der Waals surface area contributed by atoms with Crippen LogP contribution in [0, 0.1) is 13.8 Å².